The molecule has 0 N–H and O–H groups in total. The monoisotopic (exact) mass is 414 g/mol. The van der Waals surface area contributed by atoms with Crippen LogP contribution in [-0.2, 0) is 16.1 Å². The maximum atomic E-state index is 12.9. The van der Waals surface area contributed by atoms with E-state index in [0.29, 0.717) is 0 Å². The van der Waals surface area contributed by atoms with E-state index in [1.807, 2.05) is 84.9 Å². The van der Waals surface area contributed by atoms with Crippen LogP contribution in [0.15, 0.2) is 121 Å². The fraction of sp³-hybridized carbons (Fsp3) is 0.0333. The van der Waals surface area contributed by atoms with Crippen LogP contribution in [0.5, 0.6) is 0 Å². The highest BCUT2D eigenvalue weighted by molar-refractivity contribution is 6.09. The third-order valence-electron chi connectivity index (χ3n) is 5.66. The van der Waals surface area contributed by atoms with Gasteiger partial charge in [0.15, 0.2) is 0 Å². The molecule has 0 amide bonds. The maximum absolute atomic E-state index is 12.9. The Hall–Kier alpha value is -4.17. The summed E-state index contributed by atoms with van der Waals surface area (Å²) in [4.78, 5) is 12.9. The van der Waals surface area contributed by atoms with Crippen LogP contribution in [0.4, 0.5) is 0 Å². The molecule has 2 nitrogen and oxygen atoms in total. The number of hydrogen-bond donors (Lipinski definition) is 0. The second-order valence-electron chi connectivity index (χ2n) is 7.70. The molecule has 5 aromatic carbocycles. The zero-order chi connectivity index (χ0) is 21.8. The molecule has 0 fully saturated rings. The van der Waals surface area contributed by atoms with Crippen LogP contribution in [0.25, 0.3) is 27.1 Å². The second kappa shape index (κ2) is 8.91. The second-order valence-corrected chi connectivity index (χ2v) is 7.70. The number of hydrogen-bond acceptors (Lipinski definition) is 2. The van der Waals surface area contributed by atoms with Gasteiger partial charge in [0, 0.05) is 6.08 Å². The average molecular weight is 415 g/mol. The van der Waals surface area contributed by atoms with E-state index in [-0.39, 0.29) is 12.6 Å². The Morgan fingerprint density at radius 3 is 1.81 bits per heavy atom. The topological polar surface area (TPSA) is 26.3 Å². The van der Waals surface area contributed by atoms with Crippen molar-refractivity contribution < 1.29 is 9.53 Å². The van der Waals surface area contributed by atoms with Crippen LogP contribution in [-0.4, -0.2) is 5.97 Å². The highest BCUT2D eigenvalue weighted by atomic mass is 16.5. The molecule has 0 saturated carbocycles. The van der Waals surface area contributed by atoms with E-state index >= 15 is 0 Å². The fourth-order valence-corrected chi connectivity index (χ4v) is 4.13. The molecule has 5 rings (SSSR count). The smallest absolute Gasteiger partial charge is 0.331 e. The van der Waals surface area contributed by atoms with Gasteiger partial charge in [0.25, 0.3) is 0 Å². The van der Waals surface area contributed by atoms with E-state index in [9.17, 15) is 4.79 Å². The van der Waals surface area contributed by atoms with Gasteiger partial charge in [-0.05, 0) is 49.9 Å². The lowest BCUT2D eigenvalue weighted by molar-refractivity contribution is -0.138. The number of fused-ring (bicyclic) bond motifs is 3. The van der Waals surface area contributed by atoms with E-state index in [1.54, 1.807) is 6.08 Å². The Balaban J connectivity index is 1.47. The third-order valence-corrected chi connectivity index (χ3v) is 5.66. The predicted molar refractivity (Wildman–Crippen MR) is 131 cm³/mol. The quantitative estimate of drug-likeness (QED) is 0.173. The van der Waals surface area contributed by atoms with Crippen molar-refractivity contribution in [1.29, 1.82) is 0 Å². The van der Waals surface area contributed by atoms with Gasteiger partial charge in [0.05, 0.1) is 0 Å². The van der Waals surface area contributed by atoms with Gasteiger partial charge >= 0.3 is 5.97 Å². The number of carbonyl (C=O) groups excluding carboxylic acids is 1. The van der Waals surface area contributed by atoms with E-state index in [1.165, 1.54) is 10.8 Å². The number of esters is 1. The van der Waals surface area contributed by atoms with E-state index < -0.39 is 0 Å². The van der Waals surface area contributed by atoms with Crippen LogP contribution < -0.4 is 0 Å². The first-order chi connectivity index (χ1) is 15.8. The molecule has 0 unspecified atom stereocenters. The van der Waals surface area contributed by atoms with E-state index in [0.717, 1.165) is 33.0 Å². The first-order valence-corrected chi connectivity index (χ1v) is 10.7. The lowest BCUT2D eigenvalue weighted by Gasteiger charge is -2.12. The molecule has 0 heterocycles. The molecule has 0 aromatic heterocycles. The van der Waals surface area contributed by atoms with Gasteiger partial charge in [-0.1, -0.05) is 109 Å². The zero-order valence-electron chi connectivity index (χ0n) is 17.6. The molecule has 0 radical (unpaired) electrons. The maximum Gasteiger partial charge on any atom is 0.331 e. The van der Waals surface area contributed by atoms with Crippen molar-refractivity contribution in [2.45, 2.75) is 6.61 Å². The molecule has 32 heavy (non-hydrogen) atoms. The molecule has 0 aliphatic heterocycles. The highest BCUT2D eigenvalue weighted by Crippen LogP contribution is 2.29. The van der Waals surface area contributed by atoms with Crippen molar-refractivity contribution in [3.05, 3.63) is 138 Å². The minimum Gasteiger partial charge on any atom is -0.458 e. The summed E-state index contributed by atoms with van der Waals surface area (Å²) in [6, 6.07) is 38.5. The Morgan fingerprint density at radius 1 is 0.625 bits per heavy atom. The van der Waals surface area contributed by atoms with Crippen molar-refractivity contribution >= 4 is 33.1 Å². The molecule has 0 spiro atoms. The Bertz CT molecular complexity index is 1380. The molecule has 2 heteroatoms. The fourth-order valence-electron chi connectivity index (χ4n) is 4.13. The summed E-state index contributed by atoms with van der Waals surface area (Å²) in [7, 11) is 0. The molecular weight excluding hydrogens is 392 g/mol. The van der Waals surface area contributed by atoms with Gasteiger partial charge in [-0.25, -0.2) is 4.79 Å². The SMILES string of the molecule is O=C(C=C(c1ccccc1)c1ccccc1)OCc1cc2ccccc2c2ccccc12. The van der Waals surface area contributed by atoms with Gasteiger partial charge in [-0.15, -0.1) is 0 Å². The van der Waals surface area contributed by atoms with Crippen molar-refractivity contribution in [3.63, 3.8) is 0 Å². The van der Waals surface area contributed by atoms with Crippen molar-refractivity contribution in [2.24, 2.45) is 0 Å². The van der Waals surface area contributed by atoms with Crippen molar-refractivity contribution in [2.75, 3.05) is 0 Å². The van der Waals surface area contributed by atoms with Crippen LogP contribution >= 0.6 is 0 Å². The highest BCUT2D eigenvalue weighted by Gasteiger charge is 2.11. The largest absolute Gasteiger partial charge is 0.458 e. The summed E-state index contributed by atoms with van der Waals surface area (Å²) in [5, 5.41) is 4.62. The lowest BCUT2D eigenvalue weighted by Crippen LogP contribution is -2.03. The first-order valence-electron chi connectivity index (χ1n) is 10.7. The van der Waals surface area contributed by atoms with Crippen LogP contribution in [0, 0.1) is 0 Å². The molecule has 5 aromatic rings. The van der Waals surface area contributed by atoms with Gasteiger partial charge in [0.1, 0.15) is 6.61 Å². The van der Waals surface area contributed by atoms with Crippen LogP contribution in [0.1, 0.15) is 16.7 Å². The summed E-state index contributed by atoms with van der Waals surface area (Å²) in [5.74, 6) is -0.357. The van der Waals surface area contributed by atoms with Crippen LogP contribution in [0.2, 0.25) is 0 Å². The summed E-state index contributed by atoms with van der Waals surface area (Å²) < 4.78 is 5.74. The number of rotatable bonds is 5. The van der Waals surface area contributed by atoms with Gasteiger partial charge in [-0.2, -0.15) is 0 Å². The Labute approximate surface area is 187 Å². The lowest BCUT2D eigenvalue weighted by atomic mass is 9.97. The minimum absolute atomic E-state index is 0.220. The van der Waals surface area contributed by atoms with Crippen molar-refractivity contribution in [3.8, 4) is 0 Å². The summed E-state index contributed by atoms with van der Waals surface area (Å²) in [6.45, 7) is 0.220. The zero-order valence-corrected chi connectivity index (χ0v) is 17.6. The van der Waals surface area contributed by atoms with Gasteiger partial charge < -0.3 is 4.74 Å². The van der Waals surface area contributed by atoms with Gasteiger partial charge in [0.2, 0.25) is 0 Å². The predicted octanol–water partition coefficient (Wildman–Crippen LogP) is 7.17. The summed E-state index contributed by atoms with van der Waals surface area (Å²) in [5.41, 5.74) is 3.81. The third kappa shape index (κ3) is 4.03. The first kappa shape index (κ1) is 19.8. The molecular formula is C30H22O2. The van der Waals surface area contributed by atoms with Gasteiger partial charge in [-0.3, -0.25) is 0 Å². The summed E-state index contributed by atoms with van der Waals surface area (Å²) >= 11 is 0. The van der Waals surface area contributed by atoms with E-state index in [4.69, 9.17) is 4.74 Å². The number of benzene rings is 5. The normalized spacial score (nSPS) is 10.8. The molecule has 0 saturated heterocycles. The van der Waals surface area contributed by atoms with E-state index in [2.05, 4.69) is 30.3 Å². The molecule has 154 valence electrons. The Kier molecular flexibility index (Phi) is 5.50. The standard InChI is InChI=1S/C30H22O2/c31-30(20-29(22-11-3-1-4-12-22)23-13-5-2-6-14-23)32-21-25-19-24-15-7-8-16-26(24)28-18-10-9-17-27(25)28/h1-20H,21H2. The molecule has 0 atom stereocenters. The summed E-state index contributed by atoms with van der Waals surface area (Å²) in [6.07, 6.45) is 1.59. The molecule has 0 aliphatic carbocycles. The molecule has 0 bridgehead atoms. The van der Waals surface area contributed by atoms with Crippen LogP contribution in [0.3, 0.4) is 0 Å². The number of carbonyl (C=O) groups is 1. The van der Waals surface area contributed by atoms with Crippen molar-refractivity contribution in [1.82, 2.24) is 0 Å². The average Bonchev–Trinajstić information content (AvgIpc) is 2.87. The number of ether oxygens (including phenoxy) is 1. The minimum atomic E-state index is -0.357. The Morgan fingerprint density at radius 2 is 1.16 bits per heavy atom. The molecule has 0 aliphatic rings.